The van der Waals surface area contributed by atoms with Crippen molar-refractivity contribution in [2.75, 3.05) is 13.1 Å². The Labute approximate surface area is 100 Å². The van der Waals surface area contributed by atoms with Crippen LogP contribution in [0, 0.1) is 12.8 Å². The molecule has 0 bridgehead atoms. The first kappa shape index (κ1) is 12.0. The SMILES string of the molecule is Cc1nc(CC(C)(F)C2CCCNC2)cs1. The highest BCUT2D eigenvalue weighted by Gasteiger charge is 2.35. The second-order valence-corrected chi connectivity index (χ2v) is 5.92. The van der Waals surface area contributed by atoms with E-state index in [-0.39, 0.29) is 5.92 Å². The summed E-state index contributed by atoms with van der Waals surface area (Å²) >= 11 is 1.60. The van der Waals surface area contributed by atoms with E-state index in [1.54, 1.807) is 18.3 Å². The maximum absolute atomic E-state index is 14.6. The number of thiazole rings is 1. The summed E-state index contributed by atoms with van der Waals surface area (Å²) < 4.78 is 14.6. The van der Waals surface area contributed by atoms with Gasteiger partial charge in [-0.1, -0.05) is 0 Å². The molecule has 0 aromatic carbocycles. The number of piperidine rings is 1. The first-order chi connectivity index (χ1) is 7.58. The summed E-state index contributed by atoms with van der Waals surface area (Å²) in [7, 11) is 0. The monoisotopic (exact) mass is 242 g/mol. The Morgan fingerprint density at radius 1 is 1.69 bits per heavy atom. The van der Waals surface area contributed by atoms with Crippen LogP contribution in [-0.2, 0) is 6.42 Å². The Morgan fingerprint density at radius 3 is 3.06 bits per heavy atom. The lowest BCUT2D eigenvalue weighted by Crippen LogP contribution is -2.42. The number of nitrogens with zero attached hydrogens (tertiary/aromatic N) is 1. The highest BCUT2D eigenvalue weighted by molar-refractivity contribution is 7.09. The van der Waals surface area contributed by atoms with Crippen molar-refractivity contribution in [1.29, 1.82) is 0 Å². The lowest BCUT2D eigenvalue weighted by molar-refractivity contribution is 0.0825. The van der Waals surface area contributed by atoms with Crippen LogP contribution in [0.5, 0.6) is 0 Å². The molecule has 0 radical (unpaired) electrons. The van der Waals surface area contributed by atoms with Crippen LogP contribution in [0.15, 0.2) is 5.38 Å². The second kappa shape index (κ2) is 4.80. The zero-order chi connectivity index (χ0) is 11.6. The fourth-order valence-corrected chi connectivity index (χ4v) is 2.97. The van der Waals surface area contributed by atoms with E-state index in [9.17, 15) is 4.39 Å². The molecule has 4 heteroatoms. The van der Waals surface area contributed by atoms with E-state index in [0.29, 0.717) is 6.42 Å². The van der Waals surface area contributed by atoms with Crippen molar-refractivity contribution in [3.63, 3.8) is 0 Å². The van der Waals surface area contributed by atoms with Crippen LogP contribution in [0.25, 0.3) is 0 Å². The molecule has 1 aliphatic heterocycles. The van der Waals surface area contributed by atoms with Gasteiger partial charge in [0.2, 0.25) is 0 Å². The summed E-state index contributed by atoms with van der Waals surface area (Å²) in [6.07, 6.45) is 2.52. The molecule has 0 spiro atoms. The molecule has 90 valence electrons. The van der Waals surface area contributed by atoms with Crippen LogP contribution in [-0.4, -0.2) is 23.7 Å². The van der Waals surface area contributed by atoms with E-state index in [1.165, 1.54) is 0 Å². The van der Waals surface area contributed by atoms with Crippen LogP contribution in [0.2, 0.25) is 0 Å². The maximum Gasteiger partial charge on any atom is 0.117 e. The van der Waals surface area contributed by atoms with Gasteiger partial charge in [-0.25, -0.2) is 9.37 Å². The number of halogens is 1. The molecule has 2 unspecified atom stereocenters. The van der Waals surface area contributed by atoms with Gasteiger partial charge >= 0.3 is 0 Å². The molecule has 0 aliphatic carbocycles. The lowest BCUT2D eigenvalue weighted by Gasteiger charge is -2.33. The van der Waals surface area contributed by atoms with Gasteiger partial charge in [-0.15, -0.1) is 11.3 Å². The first-order valence-corrected chi connectivity index (χ1v) is 6.76. The Hall–Kier alpha value is -0.480. The van der Waals surface area contributed by atoms with Crippen molar-refractivity contribution in [2.45, 2.75) is 38.8 Å². The van der Waals surface area contributed by atoms with Gasteiger partial charge in [-0.3, -0.25) is 0 Å². The molecule has 0 saturated carbocycles. The topological polar surface area (TPSA) is 24.9 Å². The lowest BCUT2D eigenvalue weighted by atomic mass is 9.82. The fraction of sp³-hybridized carbons (Fsp3) is 0.750. The fourth-order valence-electron chi connectivity index (χ4n) is 2.35. The van der Waals surface area contributed by atoms with E-state index in [1.807, 2.05) is 12.3 Å². The largest absolute Gasteiger partial charge is 0.316 e. The molecule has 2 heterocycles. The minimum atomic E-state index is -1.13. The van der Waals surface area contributed by atoms with E-state index in [0.717, 1.165) is 36.6 Å². The summed E-state index contributed by atoms with van der Waals surface area (Å²) in [5.74, 6) is 0.128. The number of aromatic nitrogens is 1. The molecule has 2 rings (SSSR count). The minimum Gasteiger partial charge on any atom is -0.316 e. The van der Waals surface area contributed by atoms with Crippen molar-refractivity contribution < 1.29 is 4.39 Å². The highest BCUT2D eigenvalue weighted by Crippen LogP contribution is 2.31. The van der Waals surface area contributed by atoms with Crippen molar-refractivity contribution in [2.24, 2.45) is 5.92 Å². The van der Waals surface area contributed by atoms with Gasteiger partial charge in [0.1, 0.15) is 5.67 Å². The molecule has 0 amide bonds. The van der Waals surface area contributed by atoms with Crippen molar-refractivity contribution >= 4 is 11.3 Å². The van der Waals surface area contributed by atoms with Gasteiger partial charge in [0.05, 0.1) is 10.7 Å². The van der Waals surface area contributed by atoms with Crippen molar-refractivity contribution in [3.8, 4) is 0 Å². The molecule has 1 aromatic rings. The number of hydrogen-bond donors (Lipinski definition) is 1. The smallest absolute Gasteiger partial charge is 0.117 e. The predicted molar refractivity (Wildman–Crippen MR) is 65.7 cm³/mol. The Kier molecular flexibility index (Phi) is 3.60. The third-order valence-corrected chi connectivity index (χ3v) is 4.16. The van der Waals surface area contributed by atoms with Gasteiger partial charge in [-0.05, 0) is 33.2 Å². The summed E-state index contributed by atoms with van der Waals surface area (Å²) in [5.41, 5.74) is -0.230. The van der Waals surface area contributed by atoms with Gasteiger partial charge in [0.25, 0.3) is 0 Å². The first-order valence-electron chi connectivity index (χ1n) is 5.88. The number of hydrogen-bond acceptors (Lipinski definition) is 3. The third-order valence-electron chi connectivity index (χ3n) is 3.34. The Balaban J connectivity index is 2.00. The number of nitrogens with one attached hydrogen (secondary N) is 1. The molecule has 1 aromatic heterocycles. The standard InChI is InChI=1S/C12H19FN2S/c1-9-15-11(8-16-9)6-12(2,13)10-4-3-5-14-7-10/h8,10,14H,3-7H2,1-2H3. The molecule has 1 N–H and O–H groups in total. The van der Waals surface area contributed by atoms with E-state index >= 15 is 0 Å². The molecule has 2 nitrogen and oxygen atoms in total. The summed E-state index contributed by atoms with van der Waals surface area (Å²) in [6.45, 7) is 5.52. The van der Waals surface area contributed by atoms with Crippen LogP contribution in [0.3, 0.4) is 0 Å². The van der Waals surface area contributed by atoms with Crippen LogP contribution >= 0.6 is 11.3 Å². The van der Waals surface area contributed by atoms with Gasteiger partial charge < -0.3 is 5.32 Å². The van der Waals surface area contributed by atoms with Crippen LogP contribution < -0.4 is 5.32 Å². The third kappa shape index (κ3) is 2.80. The molecule has 16 heavy (non-hydrogen) atoms. The van der Waals surface area contributed by atoms with E-state index in [2.05, 4.69) is 10.3 Å². The summed E-state index contributed by atoms with van der Waals surface area (Å²) in [5, 5.41) is 6.27. The van der Waals surface area contributed by atoms with Crippen molar-refractivity contribution in [3.05, 3.63) is 16.1 Å². The van der Waals surface area contributed by atoms with Crippen LogP contribution in [0.1, 0.15) is 30.5 Å². The normalized spacial score (nSPS) is 25.3. The highest BCUT2D eigenvalue weighted by atomic mass is 32.1. The van der Waals surface area contributed by atoms with Gasteiger partial charge in [-0.2, -0.15) is 0 Å². The van der Waals surface area contributed by atoms with Gasteiger partial charge in [0, 0.05) is 24.3 Å². The molecule has 1 fully saturated rings. The van der Waals surface area contributed by atoms with Gasteiger partial charge in [0.15, 0.2) is 0 Å². The second-order valence-electron chi connectivity index (χ2n) is 4.86. The Morgan fingerprint density at radius 2 is 2.50 bits per heavy atom. The molecular formula is C12H19FN2S. The van der Waals surface area contributed by atoms with E-state index < -0.39 is 5.67 Å². The molecular weight excluding hydrogens is 223 g/mol. The number of rotatable bonds is 3. The van der Waals surface area contributed by atoms with Crippen molar-refractivity contribution in [1.82, 2.24) is 10.3 Å². The average Bonchev–Trinajstić information content (AvgIpc) is 2.64. The number of aryl methyl sites for hydroxylation is 1. The zero-order valence-electron chi connectivity index (χ0n) is 9.92. The quantitative estimate of drug-likeness (QED) is 0.881. The minimum absolute atomic E-state index is 0.128. The zero-order valence-corrected chi connectivity index (χ0v) is 10.7. The number of alkyl halides is 1. The predicted octanol–water partition coefficient (Wildman–Crippen LogP) is 2.72. The average molecular weight is 242 g/mol. The summed E-state index contributed by atoms with van der Waals surface area (Å²) in [4.78, 5) is 4.35. The molecule has 2 atom stereocenters. The maximum atomic E-state index is 14.6. The molecule has 1 saturated heterocycles. The van der Waals surface area contributed by atoms with Crippen LogP contribution in [0.4, 0.5) is 4.39 Å². The molecule has 1 aliphatic rings. The van der Waals surface area contributed by atoms with E-state index in [4.69, 9.17) is 0 Å². The Bertz CT molecular complexity index is 343. The summed E-state index contributed by atoms with van der Waals surface area (Å²) in [6, 6.07) is 0.